The summed E-state index contributed by atoms with van der Waals surface area (Å²) >= 11 is 7.48. The van der Waals surface area contributed by atoms with E-state index in [-0.39, 0.29) is 17.9 Å². The highest BCUT2D eigenvalue weighted by Gasteiger charge is 2.14. The molecule has 6 heteroatoms. The number of carbonyl (C=O) groups is 1. The second-order valence-corrected chi connectivity index (χ2v) is 8.15. The number of benzene rings is 2. The number of hydrogen-bond donors (Lipinski definition) is 1. The van der Waals surface area contributed by atoms with Gasteiger partial charge in [0, 0.05) is 0 Å². The van der Waals surface area contributed by atoms with Gasteiger partial charge in [0.15, 0.2) is 11.7 Å². The van der Waals surface area contributed by atoms with Gasteiger partial charge < -0.3 is 4.74 Å². The monoisotopic (exact) mass is 374 g/mol. The van der Waals surface area contributed by atoms with Gasteiger partial charge in [0.25, 0.3) is 5.91 Å². The number of anilines is 1. The van der Waals surface area contributed by atoms with Crippen LogP contribution in [0.4, 0.5) is 5.13 Å². The maximum atomic E-state index is 12.1. The molecule has 130 valence electrons. The largest absolute Gasteiger partial charge is 0.484 e. The average molecular weight is 375 g/mol. The molecule has 3 aromatic rings. The number of hydrogen-bond acceptors (Lipinski definition) is 4. The third kappa shape index (κ3) is 4.30. The average Bonchev–Trinajstić information content (AvgIpc) is 2.96. The van der Waals surface area contributed by atoms with Gasteiger partial charge in [0.1, 0.15) is 11.3 Å². The number of nitrogens with one attached hydrogen (secondary N) is 1. The van der Waals surface area contributed by atoms with Gasteiger partial charge in [-0.15, -0.1) is 0 Å². The molecule has 0 bridgehead atoms. The van der Waals surface area contributed by atoms with Crippen LogP contribution in [0.1, 0.15) is 26.3 Å². The van der Waals surface area contributed by atoms with Crippen molar-refractivity contribution in [3.63, 3.8) is 0 Å². The predicted molar refractivity (Wildman–Crippen MR) is 104 cm³/mol. The molecule has 4 nitrogen and oxygen atoms in total. The Morgan fingerprint density at radius 1 is 1.20 bits per heavy atom. The van der Waals surface area contributed by atoms with Gasteiger partial charge in [0.05, 0.1) is 9.72 Å². The van der Waals surface area contributed by atoms with Crippen molar-refractivity contribution in [3.05, 3.63) is 53.1 Å². The minimum Gasteiger partial charge on any atom is -0.484 e. The number of nitrogens with zero attached hydrogens (tertiary/aromatic N) is 1. The van der Waals surface area contributed by atoms with Gasteiger partial charge in [-0.25, -0.2) is 4.98 Å². The van der Waals surface area contributed by atoms with Crippen molar-refractivity contribution in [2.75, 3.05) is 11.9 Å². The van der Waals surface area contributed by atoms with E-state index < -0.39 is 0 Å². The molecule has 1 aromatic heterocycles. The van der Waals surface area contributed by atoms with E-state index >= 15 is 0 Å². The molecule has 2 aromatic carbocycles. The van der Waals surface area contributed by atoms with E-state index in [0.29, 0.717) is 21.4 Å². The molecule has 0 radical (unpaired) electrons. The van der Waals surface area contributed by atoms with Gasteiger partial charge >= 0.3 is 0 Å². The smallest absolute Gasteiger partial charge is 0.264 e. The second kappa shape index (κ2) is 7.02. The lowest BCUT2D eigenvalue weighted by Crippen LogP contribution is -2.20. The molecule has 0 unspecified atom stereocenters. The first-order valence-corrected chi connectivity index (χ1v) is 9.10. The minimum atomic E-state index is -0.255. The number of fused-ring (bicyclic) bond motifs is 1. The van der Waals surface area contributed by atoms with Crippen LogP contribution in [0.15, 0.2) is 42.5 Å². The van der Waals surface area contributed by atoms with Crippen molar-refractivity contribution in [1.29, 1.82) is 0 Å². The van der Waals surface area contributed by atoms with Crippen molar-refractivity contribution < 1.29 is 9.53 Å². The standard InChI is InChI=1S/C19H19ClN2O2S/c1-19(2,3)12-7-9-13(10-8-12)24-11-16(23)21-18-22-17-14(20)5-4-6-15(17)25-18/h4-10H,11H2,1-3H3,(H,21,22,23). The van der Waals surface area contributed by atoms with E-state index in [1.807, 2.05) is 36.4 Å². The van der Waals surface area contributed by atoms with Crippen LogP contribution in [0.25, 0.3) is 10.2 Å². The first-order chi connectivity index (χ1) is 11.8. The van der Waals surface area contributed by atoms with Crippen molar-refractivity contribution in [2.24, 2.45) is 0 Å². The van der Waals surface area contributed by atoms with Crippen LogP contribution in [0, 0.1) is 0 Å². The van der Waals surface area contributed by atoms with E-state index in [4.69, 9.17) is 16.3 Å². The summed E-state index contributed by atoms with van der Waals surface area (Å²) in [4.78, 5) is 16.4. The molecule has 0 aliphatic carbocycles. The fraction of sp³-hybridized carbons (Fsp3) is 0.263. The predicted octanol–water partition coefficient (Wildman–Crippen LogP) is 5.26. The zero-order valence-electron chi connectivity index (χ0n) is 14.3. The summed E-state index contributed by atoms with van der Waals surface area (Å²) in [5.41, 5.74) is 2.00. The Bertz CT molecular complexity index is 898. The molecule has 3 rings (SSSR count). The van der Waals surface area contributed by atoms with Crippen LogP contribution < -0.4 is 10.1 Å². The summed E-state index contributed by atoms with van der Waals surface area (Å²) < 4.78 is 6.48. The van der Waals surface area contributed by atoms with Crippen LogP contribution in [0.3, 0.4) is 0 Å². The number of para-hydroxylation sites is 1. The van der Waals surface area contributed by atoms with E-state index in [2.05, 4.69) is 31.1 Å². The number of ether oxygens (including phenoxy) is 1. The van der Waals surface area contributed by atoms with Crippen LogP contribution in [-0.4, -0.2) is 17.5 Å². The maximum Gasteiger partial charge on any atom is 0.264 e. The number of carbonyl (C=O) groups excluding carboxylic acids is 1. The second-order valence-electron chi connectivity index (χ2n) is 6.72. The zero-order valence-corrected chi connectivity index (χ0v) is 15.9. The Kier molecular flexibility index (Phi) is 4.97. The Morgan fingerprint density at radius 3 is 2.56 bits per heavy atom. The van der Waals surface area contributed by atoms with Crippen LogP contribution in [0.2, 0.25) is 5.02 Å². The molecule has 1 amide bonds. The molecule has 1 N–H and O–H groups in total. The van der Waals surface area contributed by atoms with E-state index in [1.165, 1.54) is 16.9 Å². The molecule has 0 saturated carbocycles. The van der Waals surface area contributed by atoms with Crippen LogP contribution in [-0.2, 0) is 10.2 Å². The molecular formula is C19H19ClN2O2S. The van der Waals surface area contributed by atoms with Gasteiger partial charge in [0.2, 0.25) is 0 Å². The number of halogens is 1. The van der Waals surface area contributed by atoms with Crippen LogP contribution >= 0.6 is 22.9 Å². The number of thiazole rings is 1. The minimum absolute atomic E-state index is 0.0709. The zero-order chi connectivity index (χ0) is 18.0. The highest BCUT2D eigenvalue weighted by atomic mass is 35.5. The Morgan fingerprint density at radius 2 is 1.92 bits per heavy atom. The molecule has 0 aliphatic rings. The number of amides is 1. The highest BCUT2D eigenvalue weighted by molar-refractivity contribution is 7.22. The summed E-state index contributed by atoms with van der Waals surface area (Å²) in [5.74, 6) is 0.408. The lowest BCUT2D eigenvalue weighted by molar-refractivity contribution is -0.118. The molecule has 0 saturated heterocycles. The molecule has 1 heterocycles. The summed E-state index contributed by atoms with van der Waals surface area (Å²) in [6, 6.07) is 13.3. The van der Waals surface area contributed by atoms with Crippen molar-refractivity contribution in [3.8, 4) is 5.75 Å². The summed E-state index contributed by atoms with van der Waals surface area (Å²) in [5, 5.41) is 3.84. The lowest BCUT2D eigenvalue weighted by Gasteiger charge is -2.19. The Hall–Kier alpha value is -2.11. The summed E-state index contributed by atoms with van der Waals surface area (Å²) in [7, 11) is 0. The number of aromatic nitrogens is 1. The van der Waals surface area contributed by atoms with E-state index in [0.717, 1.165) is 4.70 Å². The van der Waals surface area contributed by atoms with Crippen molar-refractivity contribution >= 4 is 44.2 Å². The fourth-order valence-electron chi connectivity index (χ4n) is 2.32. The topological polar surface area (TPSA) is 51.2 Å². The van der Waals surface area contributed by atoms with Gasteiger partial charge in [-0.1, -0.05) is 61.9 Å². The Labute approximate surface area is 155 Å². The normalized spacial score (nSPS) is 11.5. The molecule has 0 spiro atoms. The molecule has 0 fully saturated rings. The third-order valence-electron chi connectivity index (χ3n) is 3.71. The van der Waals surface area contributed by atoms with Gasteiger partial charge in [-0.3, -0.25) is 10.1 Å². The lowest BCUT2D eigenvalue weighted by atomic mass is 9.87. The van der Waals surface area contributed by atoms with Crippen molar-refractivity contribution in [2.45, 2.75) is 26.2 Å². The highest BCUT2D eigenvalue weighted by Crippen LogP contribution is 2.30. The molecular weight excluding hydrogens is 356 g/mol. The summed E-state index contributed by atoms with van der Waals surface area (Å²) in [6.07, 6.45) is 0. The van der Waals surface area contributed by atoms with Crippen LogP contribution in [0.5, 0.6) is 5.75 Å². The molecule has 0 aliphatic heterocycles. The van der Waals surface area contributed by atoms with Gasteiger partial charge in [-0.05, 0) is 35.2 Å². The Balaban J connectivity index is 1.59. The number of rotatable bonds is 4. The quantitative estimate of drug-likeness (QED) is 0.677. The maximum absolute atomic E-state index is 12.1. The molecule has 25 heavy (non-hydrogen) atoms. The van der Waals surface area contributed by atoms with E-state index in [9.17, 15) is 4.79 Å². The first-order valence-electron chi connectivity index (χ1n) is 7.91. The summed E-state index contributed by atoms with van der Waals surface area (Å²) in [6.45, 7) is 6.39. The molecule has 0 atom stereocenters. The first kappa shape index (κ1) is 17.7. The van der Waals surface area contributed by atoms with Gasteiger partial charge in [-0.2, -0.15) is 0 Å². The van der Waals surface area contributed by atoms with Crippen molar-refractivity contribution in [1.82, 2.24) is 4.98 Å². The third-order valence-corrected chi connectivity index (χ3v) is 4.95. The SMILES string of the molecule is CC(C)(C)c1ccc(OCC(=O)Nc2nc3c(Cl)cccc3s2)cc1. The fourth-order valence-corrected chi connectivity index (χ4v) is 3.51. The van der Waals surface area contributed by atoms with E-state index in [1.54, 1.807) is 6.07 Å².